The first-order valence-electron chi connectivity index (χ1n) is 7.02. The number of nitrogens with one attached hydrogen (secondary N) is 1. The Hall–Kier alpha value is -1.13. The molecule has 0 aliphatic heterocycles. The maximum absolute atomic E-state index is 5.62. The van der Waals surface area contributed by atoms with E-state index in [1.165, 1.54) is 41.0 Å². The lowest BCUT2D eigenvalue weighted by Gasteiger charge is -2.08. The van der Waals surface area contributed by atoms with Gasteiger partial charge in [0, 0.05) is 17.5 Å². The van der Waals surface area contributed by atoms with Crippen molar-refractivity contribution in [3.63, 3.8) is 0 Å². The van der Waals surface area contributed by atoms with E-state index in [0.717, 1.165) is 18.1 Å². The van der Waals surface area contributed by atoms with Crippen molar-refractivity contribution >= 4 is 11.3 Å². The van der Waals surface area contributed by atoms with Gasteiger partial charge in [-0.2, -0.15) is 0 Å². The van der Waals surface area contributed by atoms with Gasteiger partial charge in [0.2, 0.25) is 5.89 Å². The Morgan fingerprint density at radius 2 is 2.21 bits per heavy atom. The van der Waals surface area contributed by atoms with Gasteiger partial charge in [-0.05, 0) is 37.3 Å². The van der Waals surface area contributed by atoms with Crippen LogP contribution in [0.4, 0.5) is 0 Å². The summed E-state index contributed by atoms with van der Waals surface area (Å²) in [6, 6.07) is 2.74. The third-order valence-corrected chi connectivity index (χ3v) is 4.68. The SMILES string of the molecule is CC(C)NCc1coc(-c2cc3c(s2)CCCC3)n1. The quantitative estimate of drug-likeness (QED) is 0.923. The molecule has 0 saturated carbocycles. The van der Waals surface area contributed by atoms with Crippen LogP contribution in [0.15, 0.2) is 16.7 Å². The van der Waals surface area contributed by atoms with E-state index in [0.29, 0.717) is 6.04 Å². The van der Waals surface area contributed by atoms with Crippen LogP contribution in [0.5, 0.6) is 0 Å². The Morgan fingerprint density at radius 1 is 1.37 bits per heavy atom. The highest BCUT2D eigenvalue weighted by Gasteiger charge is 2.16. The normalized spacial score (nSPS) is 14.9. The highest BCUT2D eigenvalue weighted by Crippen LogP contribution is 2.35. The smallest absolute Gasteiger partial charge is 0.236 e. The predicted molar refractivity (Wildman–Crippen MR) is 78.4 cm³/mol. The van der Waals surface area contributed by atoms with Gasteiger partial charge in [-0.15, -0.1) is 11.3 Å². The molecule has 0 spiro atoms. The summed E-state index contributed by atoms with van der Waals surface area (Å²) in [6.07, 6.45) is 6.85. The monoisotopic (exact) mass is 276 g/mol. The van der Waals surface area contributed by atoms with Crippen molar-refractivity contribution in [1.82, 2.24) is 10.3 Å². The number of oxazole rings is 1. The zero-order valence-corrected chi connectivity index (χ0v) is 12.3. The number of hydrogen-bond acceptors (Lipinski definition) is 4. The van der Waals surface area contributed by atoms with Crippen molar-refractivity contribution in [1.29, 1.82) is 0 Å². The van der Waals surface area contributed by atoms with Crippen molar-refractivity contribution < 1.29 is 4.42 Å². The lowest BCUT2D eigenvalue weighted by Crippen LogP contribution is -2.21. The molecule has 2 heterocycles. The first kappa shape index (κ1) is 12.9. The average Bonchev–Trinajstić information content (AvgIpc) is 3.02. The zero-order valence-electron chi connectivity index (χ0n) is 11.5. The maximum atomic E-state index is 5.62. The van der Waals surface area contributed by atoms with E-state index in [-0.39, 0.29) is 0 Å². The molecular weight excluding hydrogens is 256 g/mol. The summed E-state index contributed by atoms with van der Waals surface area (Å²) in [5.74, 6) is 0.778. The van der Waals surface area contributed by atoms with E-state index in [4.69, 9.17) is 4.42 Å². The summed E-state index contributed by atoms with van der Waals surface area (Å²) in [5, 5.41) is 3.36. The Bertz CT molecular complexity index is 533. The molecule has 102 valence electrons. The highest BCUT2D eigenvalue weighted by molar-refractivity contribution is 7.15. The second-order valence-corrected chi connectivity index (χ2v) is 6.58. The Labute approximate surface area is 118 Å². The minimum atomic E-state index is 0.467. The molecule has 0 saturated heterocycles. The van der Waals surface area contributed by atoms with Crippen LogP contribution in [0, 0.1) is 0 Å². The summed E-state index contributed by atoms with van der Waals surface area (Å²) in [7, 11) is 0. The lowest BCUT2D eigenvalue weighted by atomic mass is 9.99. The summed E-state index contributed by atoms with van der Waals surface area (Å²) < 4.78 is 5.62. The molecule has 0 aromatic carbocycles. The molecule has 0 fully saturated rings. The molecule has 0 atom stereocenters. The molecular formula is C15H20N2OS. The summed E-state index contributed by atoms with van der Waals surface area (Å²) in [6.45, 7) is 5.04. The van der Waals surface area contributed by atoms with Crippen LogP contribution < -0.4 is 5.32 Å². The number of aryl methyl sites for hydroxylation is 2. The lowest BCUT2D eigenvalue weighted by molar-refractivity contribution is 0.561. The maximum Gasteiger partial charge on any atom is 0.236 e. The Balaban J connectivity index is 1.76. The van der Waals surface area contributed by atoms with Gasteiger partial charge in [0.25, 0.3) is 0 Å². The minimum absolute atomic E-state index is 0.467. The molecule has 1 aliphatic carbocycles. The molecule has 0 bridgehead atoms. The number of nitrogens with zero attached hydrogens (tertiary/aromatic N) is 1. The number of aromatic nitrogens is 1. The number of hydrogen-bond donors (Lipinski definition) is 1. The van der Waals surface area contributed by atoms with Crippen molar-refractivity contribution in [3.05, 3.63) is 28.5 Å². The Morgan fingerprint density at radius 3 is 3.00 bits per heavy atom. The zero-order chi connectivity index (χ0) is 13.2. The van der Waals surface area contributed by atoms with Crippen molar-refractivity contribution in [3.8, 4) is 10.8 Å². The van der Waals surface area contributed by atoms with Gasteiger partial charge in [-0.1, -0.05) is 13.8 Å². The molecule has 0 radical (unpaired) electrons. The molecule has 2 aromatic rings. The standard InChI is InChI=1S/C15H20N2OS/c1-10(2)16-8-12-9-18-15(17-12)14-7-11-5-3-4-6-13(11)19-14/h7,9-10,16H,3-6,8H2,1-2H3. The fraction of sp³-hybridized carbons (Fsp3) is 0.533. The van der Waals surface area contributed by atoms with Gasteiger partial charge in [-0.25, -0.2) is 4.98 Å². The van der Waals surface area contributed by atoms with E-state index in [1.54, 1.807) is 6.26 Å². The van der Waals surface area contributed by atoms with E-state index in [9.17, 15) is 0 Å². The Kier molecular flexibility index (Phi) is 3.71. The average molecular weight is 276 g/mol. The fourth-order valence-electron chi connectivity index (χ4n) is 2.41. The highest BCUT2D eigenvalue weighted by atomic mass is 32.1. The van der Waals surface area contributed by atoms with Crippen LogP contribution in [0.2, 0.25) is 0 Å². The number of thiophene rings is 1. The molecule has 19 heavy (non-hydrogen) atoms. The molecule has 1 aliphatic rings. The van der Waals surface area contributed by atoms with Gasteiger partial charge in [0.05, 0.1) is 10.6 Å². The van der Waals surface area contributed by atoms with E-state index < -0.39 is 0 Å². The first-order chi connectivity index (χ1) is 9.22. The second kappa shape index (κ2) is 5.47. The molecule has 2 aromatic heterocycles. The van der Waals surface area contributed by atoms with E-state index >= 15 is 0 Å². The van der Waals surface area contributed by atoms with Gasteiger partial charge in [0.15, 0.2) is 0 Å². The van der Waals surface area contributed by atoms with Crippen LogP contribution in [-0.2, 0) is 19.4 Å². The van der Waals surface area contributed by atoms with Gasteiger partial charge in [-0.3, -0.25) is 0 Å². The second-order valence-electron chi connectivity index (χ2n) is 5.45. The van der Waals surface area contributed by atoms with Crippen molar-refractivity contribution in [2.45, 2.75) is 52.1 Å². The van der Waals surface area contributed by atoms with Gasteiger partial charge >= 0.3 is 0 Å². The van der Waals surface area contributed by atoms with Crippen LogP contribution in [0.25, 0.3) is 10.8 Å². The van der Waals surface area contributed by atoms with Crippen LogP contribution in [-0.4, -0.2) is 11.0 Å². The van der Waals surface area contributed by atoms with Crippen LogP contribution >= 0.6 is 11.3 Å². The molecule has 4 heteroatoms. The third kappa shape index (κ3) is 2.90. The minimum Gasteiger partial charge on any atom is -0.444 e. The predicted octanol–water partition coefficient (Wildman–Crippen LogP) is 3.78. The molecule has 3 rings (SSSR count). The summed E-state index contributed by atoms with van der Waals surface area (Å²) in [5.41, 5.74) is 2.49. The first-order valence-corrected chi connectivity index (χ1v) is 7.84. The summed E-state index contributed by atoms with van der Waals surface area (Å²) >= 11 is 1.85. The van der Waals surface area contributed by atoms with Crippen LogP contribution in [0.1, 0.15) is 42.8 Å². The number of fused-ring (bicyclic) bond motifs is 1. The van der Waals surface area contributed by atoms with E-state index in [1.807, 2.05) is 11.3 Å². The van der Waals surface area contributed by atoms with Gasteiger partial charge < -0.3 is 9.73 Å². The summed E-state index contributed by atoms with van der Waals surface area (Å²) in [4.78, 5) is 7.29. The largest absolute Gasteiger partial charge is 0.444 e. The third-order valence-electron chi connectivity index (χ3n) is 3.45. The van der Waals surface area contributed by atoms with Crippen LogP contribution in [0.3, 0.4) is 0 Å². The molecule has 3 nitrogen and oxygen atoms in total. The van der Waals surface area contributed by atoms with Crippen molar-refractivity contribution in [2.24, 2.45) is 0 Å². The molecule has 1 N–H and O–H groups in total. The van der Waals surface area contributed by atoms with Gasteiger partial charge in [0.1, 0.15) is 6.26 Å². The van der Waals surface area contributed by atoms with Crippen molar-refractivity contribution in [2.75, 3.05) is 0 Å². The fourth-order valence-corrected chi connectivity index (χ4v) is 3.59. The molecule has 0 unspecified atom stereocenters. The van der Waals surface area contributed by atoms with E-state index in [2.05, 4.69) is 30.2 Å². The molecule has 0 amide bonds. The number of rotatable bonds is 4. The topological polar surface area (TPSA) is 38.1 Å².